The SMILES string of the molecule is CC(C)NC(=O)[C@@H](Cc1ccccc1)N(Cc1ccc(Cl)cc1Cl)C(=O)CCCN1C(=O)c2cccc3cccc1c23. The molecule has 1 N–H and O–H groups in total. The summed E-state index contributed by atoms with van der Waals surface area (Å²) in [6.07, 6.45) is 0.934. The first-order chi connectivity index (χ1) is 20.2. The predicted molar refractivity (Wildman–Crippen MR) is 169 cm³/mol. The summed E-state index contributed by atoms with van der Waals surface area (Å²) in [7, 11) is 0. The normalized spacial score (nSPS) is 13.1. The third-order valence-corrected chi connectivity index (χ3v) is 8.07. The summed E-state index contributed by atoms with van der Waals surface area (Å²) >= 11 is 12.7. The highest BCUT2D eigenvalue weighted by molar-refractivity contribution is 6.35. The molecule has 0 aliphatic carbocycles. The minimum Gasteiger partial charge on any atom is -0.352 e. The Morgan fingerprint density at radius 3 is 2.38 bits per heavy atom. The lowest BCUT2D eigenvalue weighted by atomic mass is 10.0. The van der Waals surface area contributed by atoms with Crippen LogP contribution < -0.4 is 10.2 Å². The largest absolute Gasteiger partial charge is 0.352 e. The van der Waals surface area contributed by atoms with Gasteiger partial charge < -0.3 is 15.1 Å². The Balaban J connectivity index is 1.39. The van der Waals surface area contributed by atoms with Crippen molar-refractivity contribution in [2.45, 2.75) is 51.7 Å². The Morgan fingerprint density at radius 1 is 0.929 bits per heavy atom. The fraction of sp³-hybridized carbons (Fsp3) is 0.265. The van der Waals surface area contributed by atoms with Gasteiger partial charge >= 0.3 is 0 Å². The van der Waals surface area contributed by atoms with Crippen molar-refractivity contribution in [3.63, 3.8) is 0 Å². The van der Waals surface area contributed by atoms with Crippen molar-refractivity contribution in [1.29, 1.82) is 0 Å². The molecule has 0 radical (unpaired) electrons. The molecule has 0 aromatic heterocycles. The number of benzene rings is 4. The molecule has 5 rings (SSSR count). The van der Waals surface area contributed by atoms with Crippen LogP contribution in [-0.4, -0.2) is 41.2 Å². The molecule has 1 atom stereocenters. The van der Waals surface area contributed by atoms with Crippen molar-refractivity contribution in [3.8, 4) is 0 Å². The first kappa shape index (κ1) is 29.6. The lowest BCUT2D eigenvalue weighted by molar-refractivity contribution is -0.141. The molecule has 0 saturated heterocycles. The van der Waals surface area contributed by atoms with Crippen molar-refractivity contribution >= 4 is 57.4 Å². The van der Waals surface area contributed by atoms with E-state index in [1.165, 1.54) is 0 Å². The van der Waals surface area contributed by atoms with Crippen LogP contribution in [0.5, 0.6) is 0 Å². The van der Waals surface area contributed by atoms with Gasteiger partial charge in [0.25, 0.3) is 5.91 Å². The molecule has 8 heteroatoms. The smallest absolute Gasteiger partial charge is 0.258 e. The number of anilines is 1. The lowest BCUT2D eigenvalue weighted by Gasteiger charge is -2.32. The second kappa shape index (κ2) is 13.0. The molecule has 6 nitrogen and oxygen atoms in total. The minimum atomic E-state index is -0.763. The molecule has 4 aromatic rings. The molecule has 1 aliphatic rings. The highest BCUT2D eigenvalue weighted by atomic mass is 35.5. The molecule has 4 aromatic carbocycles. The van der Waals surface area contributed by atoms with Crippen LogP contribution in [0.2, 0.25) is 10.0 Å². The molecule has 3 amide bonds. The number of hydrogen-bond acceptors (Lipinski definition) is 3. The number of halogens is 2. The average Bonchev–Trinajstić information content (AvgIpc) is 3.24. The van der Waals surface area contributed by atoms with Crippen molar-refractivity contribution in [2.24, 2.45) is 0 Å². The number of carbonyl (C=O) groups excluding carboxylic acids is 3. The fourth-order valence-electron chi connectivity index (χ4n) is 5.50. The van der Waals surface area contributed by atoms with Gasteiger partial charge in [-0.2, -0.15) is 0 Å². The van der Waals surface area contributed by atoms with E-state index in [2.05, 4.69) is 5.32 Å². The maximum atomic E-state index is 14.0. The number of nitrogens with zero attached hydrogens (tertiary/aromatic N) is 2. The summed E-state index contributed by atoms with van der Waals surface area (Å²) in [5, 5.41) is 5.88. The molecule has 0 spiro atoms. The van der Waals surface area contributed by atoms with E-state index in [4.69, 9.17) is 23.2 Å². The van der Waals surface area contributed by atoms with Crippen LogP contribution in [0.25, 0.3) is 10.8 Å². The van der Waals surface area contributed by atoms with Gasteiger partial charge in [0.2, 0.25) is 11.8 Å². The van der Waals surface area contributed by atoms with Crippen LogP contribution in [0.1, 0.15) is 48.2 Å². The Morgan fingerprint density at radius 2 is 1.67 bits per heavy atom. The van der Waals surface area contributed by atoms with E-state index < -0.39 is 6.04 Å². The molecule has 1 heterocycles. The van der Waals surface area contributed by atoms with Gasteiger partial charge in [-0.3, -0.25) is 14.4 Å². The Hall–Kier alpha value is -3.87. The van der Waals surface area contributed by atoms with E-state index >= 15 is 0 Å². The topological polar surface area (TPSA) is 69.7 Å². The monoisotopic (exact) mass is 601 g/mol. The maximum Gasteiger partial charge on any atom is 0.258 e. The predicted octanol–water partition coefficient (Wildman–Crippen LogP) is 7.05. The van der Waals surface area contributed by atoms with Crippen molar-refractivity contribution in [3.05, 3.63) is 112 Å². The van der Waals surface area contributed by atoms with Crippen LogP contribution in [0.15, 0.2) is 84.9 Å². The quantitative estimate of drug-likeness (QED) is 0.200. The lowest BCUT2D eigenvalue weighted by Crippen LogP contribution is -2.51. The summed E-state index contributed by atoms with van der Waals surface area (Å²) in [5.74, 6) is -0.482. The number of amides is 3. The van der Waals surface area contributed by atoms with E-state index in [0.29, 0.717) is 40.6 Å². The summed E-state index contributed by atoms with van der Waals surface area (Å²) < 4.78 is 0. The Kier molecular flexibility index (Phi) is 9.15. The van der Waals surface area contributed by atoms with E-state index in [9.17, 15) is 14.4 Å². The van der Waals surface area contributed by atoms with Crippen molar-refractivity contribution < 1.29 is 14.4 Å². The summed E-state index contributed by atoms with van der Waals surface area (Å²) in [6.45, 7) is 4.32. The van der Waals surface area contributed by atoms with E-state index in [-0.39, 0.29) is 36.7 Å². The molecule has 0 unspecified atom stereocenters. The molecule has 0 fully saturated rings. The summed E-state index contributed by atoms with van der Waals surface area (Å²) in [4.78, 5) is 44.2. The van der Waals surface area contributed by atoms with Crippen molar-refractivity contribution in [1.82, 2.24) is 10.2 Å². The average molecular weight is 603 g/mol. The second-order valence-electron chi connectivity index (χ2n) is 10.9. The first-order valence-corrected chi connectivity index (χ1v) is 14.9. The molecule has 0 bridgehead atoms. The Bertz CT molecular complexity index is 1620. The zero-order chi connectivity index (χ0) is 29.8. The molecular weight excluding hydrogens is 569 g/mol. The third-order valence-electron chi connectivity index (χ3n) is 7.48. The van der Waals surface area contributed by atoms with Gasteiger partial charge in [0.1, 0.15) is 6.04 Å². The number of hydrogen-bond donors (Lipinski definition) is 1. The highest BCUT2D eigenvalue weighted by Crippen LogP contribution is 2.37. The van der Waals surface area contributed by atoms with Crippen molar-refractivity contribution in [2.75, 3.05) is 11.4 Å². The Labute approximate surface area is 256 Å². The van der Waals surface area contributed by atoms with Crippen LogP contribution in [0.3, 0.4) is 0 Å². The molecule has 1 aliphatic heterocycles. The summed E-state index contributed by atoms with van der Waals surface area (Å²) in [5.41, 5.74) is 3.18. The van der Waals surface area contributed by atoms with Gasteiger partial charge in [0.15, 0.2) is 0 Å². The minimum absolute atomic E-state index is 0.0580. The highest BCUT2D eigenvalue weighted by Gasteiger charge is 2.32. The van der Waals surface area contributed by atoms with Crippen LogP contribution in [0.4, 0.5) is 5.69 Å². The first-order valence-electron chi connectivity index (χ1n) is 14.1. The van der Waals surface area contributed by atoms with Gasteiger partial charge in [-0.15, -0.1) is 0 Å². The maximum absolute atomic E-state index is 14.0. The van der Waals surface area contributed by atoms with E-state index in [1.807, 2.05) is 80.6 Å². The molecule has 0 saturated carbocycles. The molecule has 216 valence electrons. The molecule has 42 heavy (non-hydrogen) atoms. The van der Waals surface area contributed by atoms with Gasteiger partial charge in [-0.05, 0) is 61.0 Å². The summed E-state index contributed by atoms with van der Waals surface area (Å²) in [6, 6.07) is 25.6. The van der Waals surface area contributed by atoms with Gasteiger partial charge in [-0.1, -0.05) is 83.9 Å². The van der Waals surface area contributed by atoms with Crippen LogP contribution in [0, 0.1) is 0 Å². The zero-order valence-electron chi connectivity index (χ0n) is 23.6. The van der Waals surface area contributed by atoms with E-state index in [1.54, 1.807) is 28.0 Å². The van der Waals surface area contributed by atoms with Gasteiger partial charge in [0, 0.05) is 53.0 Å². The number of carbonyl (C=O) groups is 3. The number of rotatable bonds is 11. The third kappa shape index (κ3) is 6.45. The standard InChI is InChI=1S/C34H33Cl2N3O3/c1-22(2)37-33(41)30(19-23-9-4-3-5-10-23)39(21-25-16-17-26(35)20-28(25)36)31(40)15-8-18-38-29-14-7-12-24-11-6-13-27(32(24)29)34(38)42/h3-7,9-14,16-17,20,22,30H,8,15,18-19,21H2,1-2H3,(H,37,41)/t30-/m1/s1. The van der Waals surface area contributed by atoms with Crippen LogP contribution in [-0.2, 0) is 22.6 Å². The van der Waals surface area contributed by atoms with Gasteiger partial charge in [-0.25, -0.2) is 0 Å². The van der Waals surface area contributed by atoms with Gasteiger partial charge in [0.05, 0.1) is 5.69 Å². The molecular formula is C34H33Cl2N3O3. The van der Waals surface area contributed by atoms with Crippen LogP contribution >= 0.6 is 23.2 Å². The van der Waals surface area contributed by atoms with E-state index in [0.717, 1.165) is 22.0 Å². The second-order valence-corrected chi connectivity index (χ2v) is 11.7. The zero-order valence-corrected chi connectivity index (χ0v) is 25.2. The number of nitrogens with one attached hydrogen (secondary N) is 1. The fourth-order valence-corrected chi connectivity index (χ4v) is 5.97.